The fraction of sp³-hybridized carbons (Fsp3) is 0.407. The summed E-state index contributed by atoms with van der Waals surface area (Å²) in [5.41, 5.74) is 6.41. The maximum absolute atomic E-state index is 11.4. The van der Waals surface area contributed by atoms with E-state index in [-0.39, 0.29) is 17.3 Å². The molecule has 0 radical (unpaired) electrons. The highest BCUT2D eigenvalue weighted by molar-refractivity contribution is 7.13. The molecule has 190 valence electrons. The normalized spacial score (nSPS) is 20.6. The average Bonchev–Trinajstić information content (AvgIpc) is 3.35. The van der Waals surface area contributed by atoms with Crippen molar-refractivity contribution in [3.63, 3.8) is 0 Å². The third kappa shape index (κ3) is 5.16. The summed E-state index contributed by atoms with van der Waals surface area (Å²) in [6.07, 6.45) is 7.74. The maximum atomic E-state index is 11.4. The Morgan fingerprint density at radius 2 is 1.75 bits per heavy atom. The van der Waals surface area contributed by atoms with Gasteiger partial charge >= 0.3 is 11.8 Å². The summed E-state index contributed by atoms with van der Waals surface area (Å²) in [6, 6.07) is 13.0. The molecule has 0 spiro atoms. The number of hydrogen-bond donors (Lipinski definition) is 4. The largest absolute Gasteiger partial charge is 0.478 e. The highest BCUT2D eigenvalue weighted by atomic mass is 32.1. The molecule has 0 amide bonds. The molecule has 1 aromatic heterocycles. The van der Waals surface area contributed by atoms with E-state index >= 15 is 0 Å². The third-order valence-electron chi connectivity index (χ3n) is 7.57. The fourth-order valence-corrected chi connectivity index (χ4v) is 5.99. The second-order valence-electron chi connectivity index (χ2n) is 9.79. The van der Waals surface area contributed by atoms with Crippen LogP contribution in [0.1, 0.15) is 78.3 Å². The summed E-state index contributed by atoms with van der Waals surface area (Å²) in [7, 11) is 1.78. The fourth-order valence-electron chi connectivity index (χ4n) is 5.15. The van der Waals surface area contributed by atoms with E-state index in [0.29, 0.717) is 22.7 Å². The Bertz CT molecular complexity index is 1210. The van der Waals surface area contributed by atoms with E-state index in [1.807, 2.05) is 12.1 Å². The maximum Gasteiger partial charge on any atom is 0.335 e. The molecular formula is C27H32N3O5S+. The molecule has 0 unspecified atom stereocenters. The quantitative estimate of drug-likeness (QED) is 0.200. The Morgan fingerprint density at radius 1 is 1.03 bits per heavy atom. The SMILES string of the molecule is COC1CCC(c2ccc(-c3nc([N+](O)(O)Nc4ccc(C(=O)O)cc4C4CCC4)cs3)cc2)CC1. The number of carbonyl (C=O) groups is 1. The molecule has 4 N–H and O–H groups in total. The Labute approximate surface area is 214 Å². The minimum atomic E-state index is -1.62. The number of anilines is 1. The van der Waals surface area contributed by atoms with Gasteiger partial charge in [-0.3, -0.25) is 0 Å². The van der Waals surface area contributed by atoms with Gasteiger partial charge < -0.3 is 9.84 Å². The standard InChI is InChI=1S/C27H31N3O5S/c1-35-22-12-9-18(10-13-22)17-5-7-20(8-6-17)26-28-25(16-36-26)30(33,34)29-24-14-11-21(27(31)32)15-23(24)19-3-2-4-19/h5-8,11,14-16,18-19,22,29,33-34H,2-4,9-10,12-13H2,1H3/p+1. The summed E-state index contributed by atoms with van der Waals surface area (Å²) in [6.45, 7) is 0. The number of rotatable bonds is 8. The van der Waals surface area contributed by atoms with Crippen molar-refractivity contribution in [2.75, 3.05) is 12.5 Å². The van der Waals surface area contributed by atoms with Crippen LogP contribution in [0, 0.1) is 0 Å². The Morgan fingerprint density at radius 3 is 2.36 bits per heavy atom. The van der Waals surface area contributed by atoms with Crippen molar-refractivity contribution < 1.29 is 25.1 Å². The molecule has 3 aromatic rings. The van der Waals surface area contributed by atoms with Crippen molar-refractivity contribution in [2.45, 2.75) is 62.9 Å². The van der Waals surface area contributed by atoms with Gasteiger partial charge in [0.2, 0.25) is 0 Å². The van der Waals surface area contributed by atoms with Crippen molar-refractivity contribution in [1.29, 1.82) is 0 Å². The van der Waals surface area contributed by atoms with E-state index in [1.54, 1.807) is 24.6 Å². The monoisotopic (exact) mass is 510 g/mol. The van der Waals surface area contributed by atoms with E-state index in [9.17, 15) is 20.3 Å². The number of methoxy groups -OCH3 is 1. The number of aromatic carboxylic acids is 1. The van der Waals surface area contributed by atoms with Crippen LogP contribution in [-0.2, 0) is 4.74 Å². The number of carboxylic acid groups (broad SMARTS) is 1. The molecular weight excluding hydrogens is 478 g/mol. The summed E-state index contributed by atoms with van der Waals surface area (Å²) in [5.74, 6) is -0.230. The van der Waals surface area contributed by atoms with Gasteiger partial charge in [0.15, 0.2) is 0 Å². The second-order valence-corrected chi connectivity index (χ2v) is 10.6. The number of benzene rings is 2. The molecule has 8 nitrogen and oxygen atoms in total. The van der Waals surface area contributed by atoms with Crippen LogP contribution in [0.5, 0.6) is 0 Å². The van der Waals surface area contributed by atoms with Crippen LogP contribution in [0.4, 0.5) is 11.5 Å². The topological polar surface area (TPSA) is 112 Å². The lowest BCUT2D eigenvalue weighted by Crippen LogP contribution is -2.48. The van der Waals surface area contributed by atoms with Gasteiger partial charge in [-0.1, -0.05) is 30.7 Å². The van der Waals surface area contributed by atoms with Crippen LogP contribution in [-0.4, -0.2) is 39.7 Å². The zero-order chi connectivity index (χ0) is 25.3. The lowest BCUT2D eigenvalue weighted by atomic mass is 9.79. The molecule has 2 fully saturated rings. The molecule has 2 saturated carbocycles. The summed E-state index contributed by atoms with van der Waals surface area (Å²) in [5, 5.41) is 33.3. The summed E-state index contributed by atoms with van der Waals surface area (Å²) in [4.78, 5) is 14.3. The molecule has 9 heteroatoms. The van der Waals surface area contributed by atoms with Crippen molar-refractivity contribution in [1.82, 2.24) is 9.90 Å². The first-order valence-electron chi connectivity index (χ1n) is 12.4. The molecule has 2 aliphatic carbocycles. The zero-order valence-electron chi connectivity index (χ0n) is 20.3. The number of hydrogen-bond acceptors (Lipinski definition) is 7. The number of nitrogens with one attached hydrogen (secondary N) is 1. The number of quaternary nitrogens is 1. The first-order valence-corrected chi connectivity index (χ1v) is 13.3. The van der Waals surface area contributed by atoms with E-state index < -0.39 is 10.9 Å². The lowest BCUT2D eigenvalue weighted by molar-refractivity contribution is -0.274. The molecule has 2 aliphatic rings. The molecule has 0 aliphatic heterocycles. The second kappa shape index (κ2) is 10.3. The minimum Gasteiger partial charge on any atom is -0.478 e. The molecule has 0 saturated heterocycles. The van der Waals surface area contributed by atoms with Crippen LogP contribution < -0.4 is 10.3 Å². The van der Waals surface area contributed by atoms with E-state index in [0.717, 1.165) is 56.1 Å². The van der Waals surface area contributed by atoms with Gasteiger partial charge in [-0.25, -0.2) is 4.79 Å². The Hall–Kier alpha value is -2.82. The number of nitrogens with zero attached hydrogens (tertiary/aromatic N) is 2. The minimum absolute atomic E-state index is 0.0406. The van der Waals surface area contributed by atoms with Gasteiger partial charge in [0, 0.05) is 12.7 Å². The predicted octanol–water partition coefficient (Wildman–Crippen LogP) is 6.56. The van der Waals surface area contributed by atoms with Gasteiger partial charge in [-0.15, -0.1) is 21.8 Å². The highest BCUT2D eigenvalue weighted by Crippen LogP contribution is 2.41. The number of aromatic nitrogens is 1. The first-order chi connectivity index (χ1) is 17.3. The van der Waals surface area contributed by atoms with Gasteiger partial charge in [-0.2, -0.15) is 10.4 Å². The first kappa shape index (κ1) is 24.9. The van der Waals surface area contributed by atoms with Crippen LogP contribution in [0.2, 0.25) is 0 Å². The van der Waals surface area contributed by atoms with Crippen LogP contribution >= 0.6 is 11.3 Å². The summed E-state index contributed by atoms with van der Waals surface area (Å²) >= 11 is 1.34. The molecule has 2 aromatic carbocycles. The van der Waals surface area contributed by atoms with Crippen LogP contribution in [0.3, 0.4) is 0 Å². The molecule has 5 rings (SSSR count). The van der Waals surface area contributed by atoms with Gasteiger partial charge in [-0.05, 0) is 79.7 Å². The third-order valence-corrected chi connectivity index (χ3v) is 8.45. The van der Waals surface area contributed by atoms with Crippen molar-refractivity contribution in [3.8, 4) is 10.6 Å². The zero-order valence-corrected chi connectivity index (χ0v) is 21.1. The molecule has 0 bridgehead atoms. The van der Waals surface area contributed by atoms with Crippen LogP contribution in [0.15, 0.2) is 47.8 Å². The highest BCUT2D eigenvalue weighted by Gasteiger charge is 2.34. The number of carboxylic acids is 1. The Kier molecular flexibility index (Phi) is 7.09. The number of thiazole rings is 1. The van der Waals surface area contributed by atoms with Crippen molar-refractivity contribution in [2.24, 2.45) is 0 Å². The van der Waals surface area contributed by atoms with Gasteiger partial charge in [0.25, 0.3) is 0 Å². The number of ether oxygens (including phenoxy) is 1. The average molecular weight is 511 g/mol. The van der Waals surface area contributed by atoms with E-state index in [1.165, 1.54) is 23.0 Å². The van der Waals surface area contributed by atoms with E-state index in [4.69, 9.17) is 4.74 Å². The van der Waals surface area contributed by atoms with Crippen LogP contribution in [0.25, 0.3) is 10.6 Å². The summed E-state index contributed by atoms with van der Waals surface area (Å²) < 4.78 is 5.48. The predicted molar refractivity (Wildman–Crippen MR) is 139 cm³/mol. The van der Waals surface area contributed by atoms with Gasteiger partial charge in [0.05, 0.1) is 22.7 Å². The molecule has 0 atom stereocenters. The smallest absolute Gasteiger partial charge is 0.335 e. The molecule has 36 heavy (non-hydrogen) atoms. The lowest BCUT2D eigenvalue weighted by Gasteiger charge is -2.29. The Balaban J connectivity index is 1.31. The van der Waals surface area contributed by atoms with Crippen molar-refractivity contribution in [3.05, 3.63) is 64.5 Å². The molecule has 1 heterocycles. The van der Waals surface area contributed by atoms with E-state index in [2.05, 4.69) is 22.5 Å². The van der Waals surface area contributed by atoms with Crippen molar-refractivity contribution >= 4 is 28.8 Å². The van der Waals surface area contributed by atoms with Gasteiger partial charge in [0.1, 0.15) is 9.93 Å².